The predicted octanol–water partition coefficient (Wildman–Crippen LogP) is 11.3. The summed E-state index contributed by atoms with van der Waals surface area (Å²) >= 11 is 11.6. The molecule has 5 heterocycles. The summed E-state index contributed by atoms with van der Waals surface area (Å²) in [5, 5.41) is 10.4. The molecule has 0 saturated heterocycles. The van der Waals surface area contributed by atoms with Crippen molar-refractivity contribution < 1.29 is 19.2 Å². The van der Waals surface area contributed by atoms with Crippen molar-refractivity contribution in [3.05, 3.63) is 74.1 Å². The van der Waals surface area contributed by atoms with Crippen molar-refractivity contribution >= 4 is 46.6 Å². The molecule has 1 aromatic carbocycles. The van der Waals surface area contributed by atoms with Gasteiger partial charge in [0.15, 0.2) is 6.21 Å². The summed E-state index contributed by atoms with van der Waals surface area (Å²) in [5.74, 6) is 1.46. The Kier molecular flexibility index (Phi) is 17.8. The molecule has 0 unspecified atom stereocenters. The highest BCUT2D eigenvalue weighted by molar-refractivity contribution is 6.32. The van der Waals surface area contributed by atoms with E-state index in [4.69, 9.17) is 27.9 Å². The molecule has 0 radical (unpaired) electrons. The molecular formula is C41H61Cl2N2O3+. The third-order valence-electron chi connectivity index (χ3n) is 8.74. The lowest BCUT2D eigenvalue weighted by Gasteiger charge is -2.40. The van der Waals surface area contributed by atoms with Crippen LogP contribution < -0.4 is 9.64 Å². The summed E-state index contributed by atoms with van der Waals surface area (Å²) in [6.07, 6.45) is 13.8. The highest BCUT2D eigenvalue weighted by atomic mass is 35.5. The second-order valence-electron chi connectivity index (χ2n) is 11.9. The molecule has 5 aliphatic heterocycles. The Morgan fingerprint density at radius 3 is 2.19 bits per heavy atom. The number of hydrogen-bond donors (Lipinski definition) is 1. The lowest BCUT2D eigenvalue weighted by molar-refractivity contribution is -0.526. The number of carboxylic acids is 1. The SMILES string of the molecule is C=C(C1=C2/C=C(\C)CCC[N+]3=C/C(=C\2Oc2c1cc1c4c2CCCN4CCC1)CCC3)/C(C(=O)O)=C(\C)Cl.CC.CC.CC.CCCCl. The van der Waals surface area contributed by atoms with Crippen LogP contribution in [0.1, 0.15) is 124 Å². The third kappa shape index (κ3) is 9.47. The minimum absolute atomic E-state index is 0.0664. The number of aryl methyl sites for hydroxylation is 1. The maximum Gasteiger partial charge on any atom is 0.337 e. The number of alkyl halides is 1. The lowest BCUT2D eigenvalue weighted by atomic mass is 9.80. The Morgan fingerprint density at radius 2 is 1.60 bits per heavy atom. The topological polar surface area (TPSA) is 52.8 Å². The number of ether oxygens (including phenoxy) is 1. The molecule has 266 valence electrons. The molecule has 1 aromatic rings. The third-order valence-corrected chi connectivity index (χ3v) is 9.31. The van der Waals surface area contributed by atoms with Gasteiger partial charge in [0.1, 0.15) is 24.6 Å². The van der Waals surface area contributed by atoms with Crippen molar-refractivity contribution in [2.24, 2.45) is 0 Å². The minimum atomic E-state index is -1.06. The fourth-order valence-electron chi connectivity index (χ4n) is 6.91. The van der Waals surface area contributed by atoms with E-state index in [9.17, 15) is 9.90 Å². The van der Waals surface area contributed by atoms with Crippen LogP contribution in [-0.4, -0.2) is 53.9 Å². The molecule has 0 atom stereocenters. The van der Waals surface area contributed by atoms with Crippen LogP contribution >= 0.6 is 23.2 Å². The average molecular weight is 701 g/mol. The van der Waals surface area contributed by atoms with Gasteiger partial charge in [-0.05, 0) is 76.0 Å². The molecule has 0 amide bonds. The quantitative estimate of drug-likeness (QED) is 0.147. The highest BCUT2D eigenvalue weighted by Crippen LogP contribution is 2.52. The van der Waals surface area contributed by atoms with Crippen LogP contribution in [0.2, 0.25) is 0 Å². The zero-order chi connectivity index (χ0) is 36.0. The molecule has 48 heavy (non-hydrogen) atoms. The van der Waals surface area contributed by atoms with Crippen LogP contribution in [0.4, 0.5) is 5.69 Å². The lowest BCUT2D eigenvalue weighted by Crippen LogP contribution is -2.35. The van der Waals surface area contributed by atoms with E-state index in [0.29, 0.717) is 5.57 Å². The van der Waals surface area contributed by atoms with Crippen molar-refractivity contribution in [1.29, 1.82) is 0 Å². The van der Waals surface area contributed by atoms with Gasteiger partial charge in [-0.25, -0.2) is 9.37 Å². The van der Waals surface area contributed by atoms with E-state index in [0.717, 1.165) is 118 Å². The Bertz CT molecular complexity index is 1450. The summed E-state index contributed by atoms with van der Waals surface area (Å²) in [6.45, 7) is 26.5. The molecular weight excluding hydrogens is 639 g/mol. The number of allylic oxidation sites excluding steroid dienone is 5. The van der Waals surface area contributed by atoms with Gasteiger partial charge in [0.2, 0.25) is 0 Å². The number of aliphatic carboxylic acids is 1. The number of rotatable bonds is 4. The Labute approximate surface area is 301 Å². The molecule has 5 aliphatic rings. The van der Waals surface area contributed by atoms with Crippen molar-refractivity contribution in [1.82, 2.24) is 0 Å². The number of nitrogens with zero attached hydrogens (tertiary/aromatic N) is 2. The van der Waals surface area contributed by atoms with Gasteiger partial charge < -0.3 is 14.7 Å². The van der Waals surface area contributed by atoms with Gasteiger partial charge in [0, 0.05) is 64.8 Å². The molecule has 5 nitrogen and oxygen atoms in total. The molecule has 0 spiro atoms. The van der Waals surface area contributed by atoms with Crippen LogP contribution in [0.5, 0.6) is 5.75 Å². The fraction of sp³-hybridized carbons (Fsp3) is 0.561. The second kappa shape index (κ2) is 20.7. The number of anilines is 1. The van der Waals surface area contributed by atoms with E-state index in [1.165, 1.54) is 28.0 Å². The zero-order valence-corrected chi connectivity index (χ0v) is 32.8. The van der Waals surface area contributed by atoms with Crippen LogP contribution in [0.3, 0.4) is 0 Å². The number of benzene rings is 1. The maximum absolute atomic E-state index is 12.5. The first kappa shape index (κ1) is 41.4. The maximum atomic E-state index is 12.5. The summed E-state index contributed by atoms with van der Waals surface area (Å²) in [7, 11) is 0. The number of carboxylic acid groups (broad SMARTS) is 1. The van der Waals surface area contributed by atoms with Gasteiger partial charge in [-0.1, -0.05) is 78.3 Å². The van der Waals surface area contributed by atoms with E-state index in [1.807, 2.05) is 48.5 Å². The van der Waals surface area contributed by atoms with Gasteiger partial charge in [-0.2, -0.15) is 0 Å². The summed E-state index contributed by atoms with van der Waals surface area (Å²) in [5.41, 5.74) is 9.61. The monoisotopic (exact) mass is 699 g/mol. The second-order valence-corrected chi connectivity index (χ2v) is 12.9. The Balaban J connectivity index is 0.000000724. The van der Waals surface area contributed by atoms with Crippen LogP contribution in [0, 0.1) is 0 Å². The Hall–Kier alpha value is -2.76. The standard InChI is InChI=1S/C32H35ClN2O3.C3H7Cl.3C2H6/c1-19-8-4-12-34-13-5-10-23(18-34)30-25(16-19)28(20(2)27(21(3)33)32(36)37)26-17-22-9-6-14-35-15-7-11-24(29(22)35)31(26)38-30;1-2-3-4;3*1-2/h16-18H,2,4-15H2,1,3H3;2-3H2,1H3;3*1-2H3/p+1/b19-16+,27-21-;;;;. The normalized spacial score (nSPS) is 20.4. The van der Waals surface area contributed by atoms with E-state index < -0.39 is 5.97 Å². The summed E-state index contributed by atoms with van der Waals surface area (Å²) < 4.78 is 9.42. The number of fused-ring (bicyclic) bond motifs is 4. The smallest absolute Gasteiger partial charge is 0.337 e. The molecule has 6 rings (SSSR count). The minimum Gasteiger partial charge on any atom is -0.478 e. The summed E-state index contributed by atoms with van der Waals surface area (Å²) in [6, 6.07) is 2.25. The molecule has 0 saturated carbocycles. The number of hydrogen-bond acceptors (Lipinski definition) is 3. The first-order valence-electron chi connectivity index (χ1n) is 18.5. The largest absolute Gasteiger partial charge is 0.478 e. The zero-order valence-electron chi connectivity index (χ0n) is 31.3. The van der Waals surface area contributed by atoms with Crippen molar-refractivity contribution in [2.75, 3.05) is 37.0 Å². The predicted molar refractivity (Wildman–Crippen MR) is 209 cm³/mol. The van der Waals surface area contributed by atoms with E-state index in [-0.39, 0.29) is 10.6 Å². The van der Waals surface area contributed by atoms with Crippen LogP contribution in [-0.2, 0) is 17.6 Å². The molecule has 0 fully saturated rings. The molecule has 1 N–H and O–H groups in total. The molecule has 2 bridgehead atoms. The molecule has 7 heteroatoms. The number of halogens is 2. The van der Waals surface area contributed by atoms with Gasteiger partial charge in [0.05, 0.1) is 11.1 Å². The van der Waals surface area contributed by atoms with E-state index >= 15 is 0 Å². The molecule has 0 aromatic heterocycles. The Morgan fingerprint density at radius 1 is 1.00 bits per heavy atom. The fourth-order valence-corrected chi connectivity index (χ4v) is 7.10. The average Bonchev–Trinajstić information content (AvgIpc) is 3.10. The van der Waals surface area contributed by atoms with Crippen LogP contribution in [0.15, 0.2) is 57.4 Å². The van der Waals surface area contributed by atoms with E-state index in [1.54, 1.807) is 6.92 Å². The van der Waals surface area contributed by atoms with Gasteiger partial charge in [-0.15, -0.1) is 11.6 Å². The van der Waals surface area contributed by atoms with Gasteiger partial charge in [0.25, 0.3) is 0 Å². The number of carbonyl (C=O) groups is 1. The van der Waals surface area contributed by atoms with Gasteiger partial charge >= 0.3 is 5.97 Å². The van der Waals surface area contributed by atoms with E-state index in [2.05, 4.69) is 41.3 Å². The first-order valence-corrected chi connectivity index (χ1v) is 19.4. The van der Waals surface area contributed by atoms with Crippen molar-refractivity contribution in [3.8, 4) is 5.75 Å². The molecule has 0 aliphatic carbocycles. The van der Waals surface area contributed by atoms with Gasteiger partial charge in [-0.3, -0.25) is 0 Å². The first-order chi connectivity index (χ1) is 23.2. The van der Waals surface area contributed by atoms with Crippen molar-refractivity contribution in [2.45, 2.75) is 120 Å². The van der Waals surface area contributed by atoms with Crippen LogP contribution in [0.25, 0.3) is 5.57 Å². The summed E-state index contributed by atoms with van der Waals surface area (Å²) in [4.78, 5) is 15.0. The van der Waals surface area contributed by atoms with Crippen molar-refractivity contribution in [3.63, 3.8) is 0 Å². The highest BCUT2D eigenvalue weighted by Gasteiger charge is 2.37.